The van der Waals surface area contributed by atoms with Gasteiger partial charge in [-0.05, 0) is 24.3 Å². The SMILES string of the molecule is O=C(C[n+]1cn(CCCn2c3ccccc3c3ccccc32)c2ccccc21)c1ccccc1.[Br-]. The first-order chi connectivity index (χ1) is 16.8. The lowest BCUT2D eigenvalue weighted by Gasteiger charge is -2.06. The molecule has 4 nitrogen and oxygen atoms in total. The number of aryl methyl sites for hydroxylation is 2. The van der Waals surface area contributed by atoms with Gasteiger partial charge in [-0.25, -0.2) is 9.13 Å². The summed E-state index contributed by atoms with van der Waals surface area (Å²) in [6.07, 6.45) is 3.09. The lowest BCUT2D eigenvalue weighted by Crippen LogP contribution is -3.00. The van der Waals surface area contributed by atoms with Crippen LogP contribution in [0.4, 0.5) is 0 Å². The predicted octanol–water partition coefficient (Wildman–Crippen LogP) is 3.01. The van der Waals surface area contributed by atoms with E-state index in [1.54, 1.807) is 0 Å². The molecule has 35 heavy (non-hydrogen) atoms. The van der Waals surface area contributed by atoms with Gasteiger partial charge in [0.05, 0.1) is 6.54 Å². The topological polar surface area (TPSA) is 30.8 Å². The van der Waals surface area contributed by atoms with E-state index >= 15 is 0 Å². The zero-order chi connectivity index (χ0) is 22.9. The fraction of sp³-hybridized carbons (Fsp3) is 0.133. The number of para-hydroxylation sites is 4. The molecule has 174 valence electrons. The highest BCUT2D eigenvalue weighted by Crippen LogP contribution is 2.29. The first-order valence-electron chi connectivity index (χ1n) is 11.8. The number of ketones is 1. The molecule has 0 aliphatic heterocycles. The van der Waals surface area contributed by atoms with Gasteiger partial charge in [0.15, 0.2) is 17.6 Å². The number of aromatic nitrogens is 3. The summed E-state index contributed by atoms with van der Waals surface area (Å²) in [7, 11) is 0. The maximum absolute atomic E-state index is 12.9. The van der Waals surface area contributed by atoms with Crippen LogP contribution in [0.5, 0.6) is 0 Å². The van der Waals surface area contributed by atoms with E-state index in [4.69, 9.17) is 0 Å². The predicted molar refractivity (Wildman–Crippen MR) is 137 cm³/mol. The van der Waals surface area contributed by atoms with E-state index in [2.05, 4.69) is 86.8 Å². The van der Waals surface area contributed by atoms with Crippen LogP contribution in [0.15, 0.2) is 109 Å². The molecule has 0 spiro atoms. The van der Waals surface area contributed by atoms with Gasteiger partial charge in [-0.2, -0.15) is 0 Å². The monoisotopic (exact) mass is 523 g/mol. The van der Waals surface area contributed by atoms with Crippen LogP contribution in [-0.2, 0) is 19.6 Å². The molecule has 0 aliphatic rings. The zero-order valence-electron chi connectivity index (χ0n) is 19.3. The minimum Gasteiger partial charge on any atom is -1.00 e. The van der Waals surface area contributed by atoms with Gasteiger partial charge in [0.2, 0.25) is 12.1 Å². The number of carbonyl (C=O) groups excluding carboxylic acids is 1. The van der Waals surface area contributed by atoms with Crippen molar-refractivity contribution in [2.45, 2.75) is 26.1 Å². The third kappa shape index (κ3) is 4.28. The molecule has 0 bridgehead atoms. The normalized spacial score (nSPS) is 11.2. The van der Waals surface area contributed by atoms with Gasteiger partial charge >= 0.3 is 0 Å². The molecule has 0 N–H and O–H groups in total. The standard InChI is InChI=1S/C30H26N3O.BrH/c34-30(23-11-2-1-3-12-23)21-32-22-31(28-17-8-9-18-29(28)32)19-10-20-33-26-15-6-4-13-24(26)25-14-5-7-16-27(25)33;/h1-9,11-18,22H,10,19-21H2;1H/q+1;/p-1. The van der Waals surface area contributed by atoms with Gasteiger partial charge in [0.1, 0.15) is 0 Å². The molecule has 0 fully saturated rings. The van der Waals surface area contributed by atoms with Crippen LogP contribution < -0.4 is 21.5 Å². The van der Waals surface area contributed by atoms with Crippen molar-refractivity contribution < 1.29 is 26.3 Å². The third-order valence-electron chi connectivity index (χ3n) is 6.65. The molecule has 0 atom stereocenters. The van der Waals surface area contributed by atoms with Crippen LogP contribution in [0.3, 0.4) is 0 Å². The number of rotatable bonds is 7. The van der Waals surface area contributed by atoms with Crippen molar-refractivity contribution in [2.24, 2.45) is 0 Å². The maximum Gasteiger partial charge on any atom is 0.245 e. The van der Waals surface area contributed by atoms with Crippen LogP contribution in [0.2, 0.25) is 0 Å². The fourth-order valence-electron chi connectivity index (χ4n) is 5.06. The Bertz CT molecular complexity index is 1580. The summed E-state index contributed by atoms with van der Waals surface area (Å²) < 4.78 is 6.79. The van der Waals surface area contributed by atoms with E-state index in [9.17, 15) is 4.79 Å². The number of imidazole rings is 1. The Kier molecular flexibility index (Phi) is 6.51. The second-order valence-corrected chi connectivity index (χ2v) is 8.75. The van der Waals surface area contributed by atoms with Gasteiger partial charge in [0.25, 0.3) is 0 Å². The molecule has 0 radical (unpaired) electrons. The Labute approximate surface area is 214 Å². The highest BCUT2D eigenvalue weighted by molar-refractivity contribution is 6.07. The molecule has 0 saturated carbocycles. The minimum atomic E-state index is 0. The van der Waals surface area contributed by atoms with Gasteiger partial charge in [0, 0.05) is 40.3 Å². The lowest BCUT2D eigenvalue weighted by atomic mass is 10.1. The number of fused-ring (bicyclic) bond motifs is 4. The van der Waals surface area contributed by atoms with Crippen LogP contribution in [-0.4, -0.2) is 14.9 Å². The molecule has 0 aliphatic carbocycles. The van der Waals surface area contributed by atoms with Crippen LogP contribution in [0.25, 0.3) is 32.8 Å². The average molecular weight is 524 g/mol. The maximum atomic E-state index is 12.9. The Hall–Kier alpha value is -3.70. The number of nitrogens with zero attached hydrogens (tertiary/aromatic N) is 3. The van der Waals surface area contributed by atoms with Crippen molar-refractivity contribution >= 4 is 38.6 Å². The molecule has 2 heterocycles. The summed E-state index contributed by atoms with van der Waals surface area (Å²) in [6, 6.07) is 35.2. The number of carbonyl (C=O) groups is 1. The first kappa shape index (κ1) is 23.1. The molecule has 6 rings (SSSR count). The molecule has 0 saturated heterocycles. The molecule has 2 aromatic heterocycles. The Balaban J connectivity index is 0.00000253. The molecule has 0 unspecified atom stereocenters. The van der Waals surface area contributed by atoms with Gasteiger partial charge < -0.3 is 21.5 Å². The summed E-state index contributed by atoms with van der Waals surface area (Å²) in [5, 5.41) is 2.61. The van der Waals surface area contributed by atoms with Crippen molar-refractivity contribution in [3.05, 3.63) is 115 Å². The molecule has 4 aromatic carbocycles. The van der Waals surface area contributed by atoms with E-state index in [0.29, 0.717) is 6.54 Å². The van der Waals surface area contributed by atoms with Crippen LogP contribution >= 0.6 is 0 Å². The van der Waals surface area contributed by atoms with Crippen molar-refractivity contribution in [3.63, 3.8) is 0 Å². The Morgan fingerprint density at radius 1 is 0.657 bits per heavy atom. The number of hydrogen-bond donors (Lipinski definition) is 0. The Morgan fingerprint density at radius 2 is 1.23 bits per heavy atom. The smallest absolute Gasteiger partial charge is 0.245 e. The third-order valence-corrected chi connectivity index (χ3v) is 6.65. The van der Waals surface area contributed by atoms with Crippen molar-refractivity contribution in [1.29, 1.82) is 0 Å². The second-order valence-electron chi connectivity index (χ2n) is 8.75. The van der Waals surface area contributed by atoms with Gasteiger partial charge in [-0.3, -0.25) is 4.79 Å². The van der Waals surface area contributed by atoms with Crippen molar-refractivity contribution in [2.75, 3.05) is 0 Å². The fourth-order valence-corrected chi connectivity index (χ4v) is 5.06. The van der Waals surface area contributed by atoms with E-state index < -0.39 is 0 Å². The van der Waals surface area contributed by atoms with E-state index in [1.807, 2.05) is 36.4 Å². The average Bonchev–Trinajstić information content (AvgIpc) is 3.40. The zero-order valence-corrected chi connectivity index (χ0v) is 20.9. The molecular formula is C30H26BrN3O. The highest BCUT2D eigenvalue weighted by Gasteiger charge is 2.18. The Morgan fingerprint density at radius 3 is 1.91 bits per heavy atom. The van der Waals surface area contributed by atoms with Crippen LogP contribution in [0.1, 0.15) is 16.8 Å². The lowest BCUT2D eigenvalue weighted by molar-refractivity contribution is -0.658. The minimum absolute atomic E-state index is 0. The number of benzene rings is 4. The second kappa shape index (κ2) is 9.88. The van der Waals surface area contributed by atoms with Gasteiger partial charge in [-0.1, -0.05) is 78.9 Å². The van der Waals surface area contributed by atoms with E-state index in [0.717, 1.165) is 36.1 Å². The summed E-state index contributed by atoms with van der Waals surface area (Å²) in [5.74, 6) is 0.124. The van der Waals surface area contributed by atoms with Crippen molar-refractivity contribution in [1.82, 2.24) is 9.13 Å². The molecule has 0 amide bonds. The number of Topliss-reactive ketones (excluding diaryl/α,β-unsaturated/α-hetero) is 1. The van der Waals surface area contributed by atoms with Crippen molar-refractivity contribution in [3.8, 4) is 0 Å². The molecule has 6 aromatic rings. The summed E-state index contributed by atoms with van der Waals surface area (Å²) in [4.78, 5) is 12.9. The molecule has 5 heteroatoms. The van der Waals surface area contributed by atoms with Gasteiger partial charge in [-0.15, -0.1) is 0 Å². The largest absolute Gasteiger partial charge is 1.00 e. The molecular weight excluding hydrogens is 498 g/mol. The highest BCUT2D eigenvalue weighted by atomic mass is 79.9. The summed E-state index contributed by atoms with van der Waals surface area (Å²) >= 11 is 0. The number of hydrogen-bond acceptors (Lipinski definition) is 1. The quantitative estimate of drug-likeness (QED) is 0.234. The first-order valence-corrected chi connectivity index (χ1v) is 11.8. The summed E-state index contributed by atoms with van der Waals surface area (Å²) in [6.45, 7) is 2.15. The summed E-state index contributed by atoms with van der Waals surface area (Å²) in [5.41, 5.74) is 5.56. The van der Waals surface area contributed by atoms with E-state index in [-0.39, 0.29) is 22.8 Å². The number of halogens is 1. The van der Waals surface area contributed by atoms with Crippen LogP contribution in [0, 0.1) is 0 Å². The van der Waals surface area contributed by atoms with E-state index in [1.165, 1.54) is 21.8 Å².